The highest BCUT2D eigenvalue weighted by Gasteiger charge is 2.42. The third kappa shape index (κ3) is 0.455. The summed E-state index contributed by atoms with van der Waals surface area (Å²) in [5, 5.41) is 0. The van der Waals surface area contributed by atoms with Crippen molar-refractivity contribution in [2.24, 2.45) is 5.92 Å². The SMILES string of the molecule is CC1OC2CCCC12. The summed E-state index contributed by atoms with van der Waals surface area (Å²) in [5.74, 6) is 0.940. The van der Waals surface area contributed by atoms with E-state index in [-0.39, 0.29) is 0 Å². The molecule has 3 atom stereocenters. The van der Waals surface area contributed by atoms with Gasteiger partial charge in [0.1, 0.15) is 0 Å². The van der Waals surface area contributed by atoms with Gasteiger partial charge >= 0.3 is 0 Å². The van der Waals surface area contributed by atoms with Gasteiger partial charge in [-0.1, -0.05) is 6.42 Å². The maximum absolute atomic E-state index is 5.46. The number of rotatable bonds is 0. The van der Waals surface area contributed by atoms with E-state index in [2.05, 4.69) is 6.92 Å². The molecule has 1 nitrogen and oxygen atoms in total. The molecule has 0 aromatic heterocycles. The Kier molecular flexibility index (Phi) is 0.884. The second-order valence-corrected chi connectivity index (χ2v) is 2.97. The molecule has 0 aromatic carbocycles. The maximum Gasteiger partial charge on any atom is 0.0631 e. The van der Waals surface area contributed by atoms with Crippen LogP contribution in [0.4, 0.5) is 0 Å². The fourth-order valence-corrected chi connectivity index (χ4v) is 1.95. The van der Waals surface area contributed by atoms with E-state index in [0.29, 0.717) is 12.2 Å². The van der Waals surface area contributed by atoms with Crippen LogP contribution in [0, 0.1) is 5.92 Å². The number of fused-ring (bicyclic) bond motifs is 1. The van der Waals surface area contributed by atoms with E-state index < -0.39 is 0 Å². The van der Waals surface area contributed by atoms with Gasteiger partial charge in [-0.25, -0.2) is 0 Å². The minimum absolute atomic E-state index is 0.586. The predicted octanol–water partition coefficient (Wildman–Crippen LogP) is 1.57. The van der Waals surface area contributed by atoms with Crippen molar-refractivity contribution in [3.05, 3.63) is 0 Å². The molecule has 2 fully saturated rings. The van der Waals surface area contributed by atoms with Crippen LogP contribution in [0.25, 0.3) is 0 Å². The zero-order valence-electron chi connectivity index (χ0n) is 5.26. The molecular formula is C7H12O. The highest BCUT2D eigenvalue weighted by atomic mass is 16.5. The third-order valence-corrected chi connectivity index (χ3v) is 2.50. The van der Waals surface area contributed by atoms with Crippen LogP contribution in [0.2, 0.25) is 0 Å². The fourth-order valence-electron chi connectivity index (χ4n) is 1.95. The minimum Gasteiger partial charge on any atom is -0.374 e. The molecular weight excluding hydrogens is 100 g/mol. The quantitative estimate of drug-likeness (QED) is 0.462. The molecule has 1 heterocycles. The smallest absolute Gasteiger partial charge is 0.0631 e. The molecule has 0 amide bonds. The van der Waals surface area contributed by atoms with Crippen molar-refractivity contribution in [3.63, 3.8) is 0 Å². The first-order valence-corrected chi connectivity index (χ1v) is 3.53. The third-order valence-electron chi connectivity index (χ3n) is 2.50. The highest BCUT2D eigenvalue weighted by molar-refractivity contribution is 4.90. The van der Waals surface area contributed by atoms with Crippen molar-refractivity contribution in [1.29, 1.82) is 0 Å². The van der Waals surface area contributed by atoms with Crippen molar-refractivity contribution in [1.82, 2.24) is 0 Å². The lowest BCUT2D eigenvalue weighted by atomic mass is 9.94. The van der Waals surface area contributed by atoms with E-state index >= 15 is 0 Å². The van der Waals surface area contributed by atoms with Crippen molar-refractivity contribution >= 4 is 0 Å². The Labute approximate surface area is 50.0 Å². The van der Waals surface area contributed by atoms with Crippen molar-refractivity contribution in [2.75, 3.05) is 0 Å². The molecule has 1 saturated carbocycles. The normalized spacial score (nSPS) is 52.9. The lowest BCUT2D eigenvalue weighted by Gasteiger charge is -2.38. The molecule has 1 heteroatoms. The summed E-state index contributed by atoms with van der Waals surface area (Å²) in [6.45, 7) is 2.19. The molecule has 1 aliphatic carbocycles. The Morgan fingerprint density at radius 1 is 1.38 bits per heavy atom. The largest absolute Gasteiger partial charge is 0.374 e. The second-order valence-electron chi connectivity index (χ2n) is 2.97. The summed E-state index contributed by atoms with van der Waals surface area (Å²) < 4.78 is 5.46. The van der Waals surface area contributed by atoms with Gasteiger partial charge in [0.15, 0.2) is 0 Å². The van der Waals surface area contributed by atoms with Crippen molar-refractivity contribution in [3.8, 4) is 0 Å². The Morgan fingerprint density at radius 2 is 2.25 bits per heavy atom. The van der Waals surface area contributed by atoms with Gasteiger partial charge in [0.05, 0.1) is 12.2 Å². The van der Waals surface area contributed by atoms with Gasteiger partial charge in [-0.3, -0.25) is 0 Å². The van der Waals surface area contributed by atoms with Gasteiger partial charge in [-0.05, 0) is 19.8 Å². The molecule has 0 N–H and O–H groups in total. The first-order valence-electron chi connectivity index (χ1n) is 3.53. The van der Waals surface area contributed by atoms with E-state index in [4.69, 9.17) is 4.74 Å². The molecule has 2 aliphatic rings. The highest BCUT2D eigenvalue weighted by Crippen LogP contribution is 2.40. The van der Waals surface area contributed by atoms with Gasteiger partial charge in [-0.15, -0.1) is 0 Å². The van der Waals surface area contributed by atoms with Crippen LogP contribution in [0.5, 0.6) is 0 Å². The van der Waals surface area contributed by atoms with Crippen LogP contribution >= 0.6 is 0 Å². The zero-order valence-corrected chi connectivity index (χ0v) is 5.26. The van der Waals surface area contributed by atoms with Gasteiger partial charge in [0.25, 0.3) is 0 Å². The summed E-state index contributed by atoms with van der Waals surface area (Å²) in [6, 6.07) is 0. The van der Waals surface area contributed by atoms with Gasteiger partial charge in [-0.2, -0.15) is 0 Å². The molecule has 46 valence electrons. The standard InChI is InChI=1S/C7H12O/c1-5-6-3-2-4-7(6)8-5/h5-7H,2-4H2,1H3. The molecule has 1 saturated heterocycles. The fraction of sp³-hybridized carbons (Fsp3) is 1.00. The summed E-state index contributed by atoms with van der Waals surface area (Å²) in [4.78, 5) is 0. The molecule has 8 heavy (non-hydrogen) atoms. The molecule has 0 aromatic rings. The minimum atomic E-state index is 0.586. The van der Waals surface area contributed by atoms with Gasteiger partial charge < -0.3 is 4.74 Å². The summed E-state index contributed by atoms with van der Waals surface area (Å²) in [7, 11) is 0. The number of hydrogen-bond acceptors (Lipinski definition) is 1. The van der Waals surface area contributed by atoms with Crippen LogP contribution in [-0.4, -0.2) is 12.2 Å². The van der Waals surface area contributed by atoms with E-state index in [0.717, 1.165) is 5.92 Å². The lowest BCUT2D eigenvalue weighted by molar-refractivity contribution is -0.156. The lowest BCUT2D eigenvalue weighted by Crippen LogP contribution is -2.42. The number of hydrogen-bond donors (Lipinski definition) is 0. The molecule has 1 aliphatic heterocycles. The second kappa shape index (κ2) is 1.47. The van der Waals surface area contributed by atoms with E-state index in [1.54, 1.807) is 0 Å². The molecule has 3 unspecified atom stereocenters. The Morgan fingerprint density at radius 3 is 2.75 bits per heavy atom. The monoisotopic (exact) mass is 112 g/mol. The van der Waals surface area contributed by atoms with Crippen LogP contribution in [0.15, 0.2) is 0 Å². The summed E-state index contributed by atoms with van der Waals surface area (Å²) >= 11 is 0. The van der Waals surface area contributed by atoms with Crippen molar-refractivity contribution < 1.29 is 4.74 Å². The first kappa shape index (κ1) is 4.80. The zero-order chi connectivity index (χ0) is 5.56. The first-order chi connectivity index (χ1) is 3.88. The average molecular weight is 112 g/mol. The Bertz CT molecular complexity index is 101. The summed E-state index contributed by atoms with van der Waals surface area (Å²) in [6.07, 6.45) is 5.41. The maximum atomic E-state index is 5.46. The molecule has 0 spiro atoms. The van der Waals surface area contributed by atoms with Crippen LogP contribution < -0.4 is 0 Å². The van der Waals surface area contributed by atoms with Gasteiger partial charge in [0, 0.05) is 5.92 Å². The van der Waals surface area contributed by atoms with E-state index in [1.807, 2.05) is 0 Å². The Balaban J connectivity index is 2.02. The Hall–Kier alpha value is -0.0400. The van der Waals surface area contributed by atoms with Crippen molar-refractivity contribution in [2.45, 2.75) is 38.4 Å². The molecule has 0 bridgehead atoms. The van der Waals surface area contributed by atoms with Crippen LogP contribution in [-0.2, 0) is 4.74 Å². The van der Waals surface area contributed by atoms with E-state index in [1.165, 1.54) is 19.3 Å². The number of ether oxygens (including phenoxy) is 1. The van der Waals surface area contributed by atoms with Crippen LogP contribution in [0.1, 0.15) is 26.2 Å². The molecule has 0 radical (unpaired) electrons. The summed E-state index contributed by atoms with van der Waals surface area (Å²) in [5.41, 5.74) is 0. The topological polar surface area (TPSA) is 9.23 Å². The van der Waals surface area contributed by atoms with Gasteiger partial charge in [0.2, 0.25) is 0 Å². The average Bonchev–Trinajstić information content (AvgIpc) is 2.09. The predicted molar refractivity (Wildman–Crippen MR) is 31.7 cm³/mol. The molecule has 2 rings (SSSR count). The van der Waals surface area contributed by atoms with E-state index in [9.17, 15) is 0 Å². The van der Waals surface area contributed by atoms with Crippen LogP contribution in [0.3, 0.4) is 0 Å².